The van der Waals surface area contributed by atoms with Crippen molar-refractivity contribution in [1.82, 2.24) is 5.48 Å². The molecule has 2 atom stereocenters. The first-order valence-corrected chi connectivity index (χ1v) is 15.3. The first-order chi connectivity index (χ1) is 17.5. The normalized spacial score (nSPS) is 23.8. The fourth-order valence-corrected chi connectivity index (χ4v) is 8.43. The highest BCUT2D eigenvalue weighted by Gasteiger charge is 2.49. The number of carbonyl (C=O) groups is 2. The quantitative estimate of drug-likeness (QED) is 0.463. The molecule has 10 heteroatoms. The van der Waals surface area contributed by atoms with E-state index in [1.54, 1.807) is 0 Å². The second kappa shape index (κ2) is 11.2. The fourth-order valence-electron chi connectivity index (χ4n) is 4.65. The lowest BCUT2D eigenvalue weighted by Gasteiger charge is -2.35. The molecule has 2 fully saturated rings. The van der Waals surface area contributed by atoms with E-state index < -0.39 is 32.2 Å². The SMILES string of the molecule is CC(C)(C)C(=O)Nc1cccc(-c2ccc([C@@]3(CC(=O)NOC4CCCCO4)CCCCS3(=O)=O)s2)c1. The van der Waals surface area contributed by atoms with Gasteiger partial charge in [-0.3, -0.25) is 9.59 Å². The minimum Gasteiger partial charge on any atom is -0.350 e. The van der Waals surface area contributed by atoms with Gasteiger partial charge in [0.2, 0.25) is 11.8 Å². The highest BCUT2D eigenvalue weighted by Crippen LogP contribution is 2.47. The van der Waals surface area contributed by atoms with E-state index in [2.05, 4.69) is 10.8 Å². The first kappa shape index (κ1) is 27.8. The van der Waals surface area contributed by atoms with Gasteiger partial charge in [-0.25, -0.2) is 18.7 Å². The lowest BCUT2D eigenvalue weighted by atomic mass is 9.94. The van der Waals surface area contributed by atoms with Gasteiger partial charge in [0.05, 0.1) is 12.2 Å². The molecular formula is C27H36N2O6S2. The van der Waals surface area contributed by atoms with Crippen molar-refractivity contribution in [2.45, 2.75) is 76.8 Å². The van der Waals surface area contributed by atoms with Crippen LogP contribution in [0.3, 0.4) is 0 Å². The molecule has 2 N–H and O–H groups in total. The summed E-state index contributed by atoms with van der Waals surface area (Å²) in [6.07, 6.45) is 3.59. The van der Waals surface area contributed by atoms with Gasteiger partial charge in [0.1, 0.15) is 4.75 Å². The average Bonchev–Trinajstić information content (AvgIpc) is 3.35. The molecule has 37 heavy (non-hydrogen) atoms. The summed E-state index contributed by atoms with van der Waals surface area (Å²) in [6, 6.07) is 11.2. The Bertz CT molecular complexity index is 1230. The first-order valence-electron chi connectivity index (χ1n) is 12.8. The summed E-state index contributed by atoms with van der Waals surface area (Å²) < 4.78 is 31.1. The van der Waals surface area contributed by atoms with Crippen molar-refractivity contribution in [2.75, 3.05) is 17.7 Å². The number of amides is 2. The molecule has 2 aromatic rings. The van der Waals surface area contributed by atoms with Crippen LogP contribution in [0.15, 0.2) is 36.4 Å². The van der Waals surface area contributed by atoms with Crippen molar-refractivity contribution >= 4 is 38.7 Å². The molecule has 0 bridgehead atoms. The Hall–Kier alpha value is -2.27. The number of rotatable bonds is 7. The third kappa shape index (κ3) is 6.42. The Morgan fingerprint density at radius 1 is 1.14 bits per heavy atom. The zero-order chi connectivity index (χ0) is 26.7. The zero-order valence-electron chi connectivity index (χ0n) is 21.7. The van der Waals surface area contributed by atoms with Crippen molar-refractivity contribution in [2.24, 2.45) is 5.41 Å². The summed E-state index contributed by atoms with van der Waals surface area (Å²) in [6.45, 7) is 6.14. The van der Waals surface area contributed by atoms with Gasteiger partial charge in [0.25, 0.3) is 0 Å². The molecule has 2 aliphatic rings. The molecule has 2 aliphatic heterocycles. The number of thiophene rings is 1. The predicted octanol–water partition coefficient (Wildman–Crippen LogP) is 5.16. The van der Waals surface area contributed by atoms with Crippen LogP contribution in [0.1, 0.15) is 70.6 Å². The molecule has 1 unspecified atom stereocenters. The van der Waals surface area contributed by atoms with Crippen molar-refractivity contribution < 1.29 is 27.6 Å². The van der Waals surface area contributed by atoms with Crippen LogP contribution < -0.4 is 10.8 Å². The van der Waals surface area contributed by atoms with Crippen LogP contribution in [0.2, 0.25) is 0 Å². The lowest BCUT2D eigenvalue weighted by molar-refractivity contribution is -0.200. The molecule has 3 heterocycles. The number of carbonyl (C=O) groups excluding carboxylic acids is 2. The number of hydrogen-bond donors (Lipinski definition) is 2. The van der Waals surface area contributed by atoms with Crippen LogP contribution >= 0.6 is 11.3 Å². The van der Waals surface area contributed by atoms with Gasteiger partial charge in [0.15, 0.2) is 16.1 Å². The molecule has 1 aromatic carbocycles. The lowest BCUT2D eigenvalue weighted by Crippen LogP contribution is -2.45. The van der Waals surface area contributed by atoms with E-state index in [0.29, 0.717) is 36.4 Å². The van der Waals surface area contributed by atoms with Gasteiger partial charge in [0, 0.05) is 33.9 Å². The highest BCUT2D eigenvalue weighted by molar-refractivity contribution is 7.92. The molecule has 8 nitrogen and oxygen atoms in total. The summed E-state index contributed by atoms with van der Waals surface area (Å²) in [5.74, 6) is -0.508. The number of nitrogens with one attached hydrogen (secondary N) is 2. The summed E-state index contributed by atoms with van der Waals surface area (Å²) in [5, 5.41) is 2.94. The van der Waals surface area contributed by atoms with E-state index in [0.717, 1.165) is 29.7 Å². The van der Waals surface area contributed by atoms with Gasteiger partial charge in [-0.05, 0) is 55.5 Å². The van der Waals surface area contributed by atoms with Crippen LogP contribution in [0.4, 0.5) is 5.69 Å². The average molecular weight is 549 g/mol. The van der Waals surface area contributed by atoms with Crippen molar-refractivity contribution in [1.29, 1.82) is 0 Å². The van der Waals surface area contributed by atoms with Gasteiger partial charge in [-0.15, -0.1) is 11.3 Å². The van der Waals surface area contributed by atoms with Crippen molar-refractivity contribution in [3.63, 3.8) is 0 Å². The smallest absolute Gasteiger partial charge is 0.245 e. The third-order valence-electron chi connectivity index (χ3n) is 6.87. The Morgan fingerprint density at radius 2 is 1.95 bits per heavy atom. The largest absolute Gasteiger partial charge is 0.350 e. The number of anilines is 1. The third-order valence-corrected chi connectivity index (χ3v) is 10.9. The van der Waals surface area contributed by atoms with E-state index in [-0.39, 0.29) is 18.1 Å². The maximum Gasteiger partial charge on any atom is 0.245 e. The van der Waals surface area contributed by atoms with Gasteiger partial charge in [-0.1, -0.05) is 39.3 Å². The van der Waals surface area contributed by atoms with E-state index in [9.17, 15) is 18.0 Å². The molecule has 2 amide bonds. The summed E-state index contributed by atoms with van der Waals surface area (Å²) in [4.78, 5) is 32.3. The van der Waals surface area contributed by atoms with Crippen LogP contribution in [0.25, 0.3) is 10.4 Å². The number of hydroxylamine groups is 1. The molecule has 2 saturated heterocycles. The maximum absolute atomic E-state index is 13.5. The molecular weight excluding hydrogens is 512 g/mol. The monoisotopic (exact) mass is 548 g/mol. The Balaban J connectivity index is 1.57. The second-order valence-corrected chi connectivity index (χ2v) is 14.3. The van der Waals surface area contributed by atoms with Gasteiger partial charge in [-0.2, -0.15) is 0 Å². The standard InChI is InChI=1S/C27H36N2O6S2/c1-26(2,3)25(31)28-20-10-8-9-19(17-20)21-12-13-22(36-21)27(14-5-7-16-37(27,32)33)18-23(30)29-35-24-11-4-6-15-34-24/h8-10,12-13,17,24H,4-7,11,14-16,18H2,1-3H3,(H,28,31)(H,29,30)/t24?,27-/m0/s1. The Kier molecular flexibility index (Phi) is 8.42. The van der Waals surface area contributed by atoms with Gasteiger partial charge >= 0.3 is 0 Å². The van der Waals surface area contributed by atoms with Crippen molar-refractivity contribution in [3.8, 4) is 10.4 Å². The van der Waals surface area contributed by atoms with E-state index >= 15 is 0 Å². The molecule has 202 valence electrons. The molecule has 4 rings (SSSR count). The van der Waals surface area contributed by atoms with E-state index in [1.165, 1.54) is 11.3 Å². The number of benzene rings is 1. The van der Waals surface area contributed by atoms with Gasteiger partial charge < -0.3 is 10.1 Å². The highest BCUT2D eigenvalue weighted by atomic mass is 32.2. The zero-order valence-corrected chi connectivity index (χ0v) is 23.3. The van der Waals surface area contributed by atoms with E-state index in [4.69, 9.17) is 9.57 Å². The minimum atomic E-state index is -3.58. The number of ether oxygens (including phenoxy) is 1. The predicted molar refractivity (Wildman–Crippen MR) is 145 cm³/mol. The van der Waals surface area contributed by atoms with Crippen LogP contribution in [0, 0.1) is 5.41 Å². The molecule has 0 spiro atoms. The number of hydrogen-bond acceptors (Lipinski definition) is 7. The topological polar surface area (TPSA) is 111 Å². The Labute approximate surface area is 223 Å². The Morgan fingerprint density at radius 3 is 2.65 bits per heavy atom. The minimum absolute atomic E-state index is 0.0500. The van der Waals surface area contributed by atoms with Crippen LogP contribution in [-0.2, 0) is 33.7 Å². The molecule has 0 radical (unpaired) electrons. The van der Waals surface area contributed by atoms with Crippen LogP contribution in [0.5, 0.6) is 0 Å². The van der Waals surface area contributed by atoms with E-state index in [1.807, 2.05) is 57.2 Å². The maximum atomic E-state index is 13.5. The molecule has 0 saturated carbocycles. The molecule has 1 aromatic heterocycles. The second-order valence-electron chi connectivity index (χ2n) is 10.8. The summed E-state index contributed by atoms with van der Waals surface area (Å²) in [7, 11) is -3.58. The number of sulfone groups is 1. The van der Waals surface area contributed by atoms with Crippen LogP contribution in [-0.4, -0.2) is 38.9 Å². The van der Waals surface area contributed by atoms with Crippen molar-refractivity contribution in [3.05, 3.63) is 41.3 Å². The fraction of sp³-hybridized carbons (Fsp3) is 0.556. The summed E-state index contributed by atoms with van der Waals surface area (Å²) in [5.41, 5.74) is 3.46. The summed E-state index contributed by atoms with van der Waals surface area (Å²) >= 11 is 1.38. The molecule has 0 aliphatic carbocycles.